The molecule has 1 aliphatic rings. The molecule has 6 nitrogen and oxygen atoms in total. The number of carbonyl (C=O) groups excluding carboxylic acids is 2. The summed E-state index contributed by atoms with van der Waals surface area (Å²) in [7, 11) is 0. The molecule has 38 heavy (non-hydrogen) atoms. The van der Waals surface area contributed by atoms with Gasteiger partial charge in [-0.25, -0.2) is 0 Å². The van der Waals surface area contributed by atoms with Gasteiger partial charge in [-0.15, -0.1) is 0 Å². The van der Waals surface area contributed by atoms with Gasteiger partial charge in [0.1, 0.15) is 6.10 Å². The van der Waals surface area contributed by atoms with E-state index in [2.05, 4.69) is 17.0 Å². The number of fused-ring (bicyclic) bond motifs is 1. The average molecular weight is 509 g/mol. The third kappa shape index (κ3) is 5.35. The van der Waals surface area contributed by atoms with Crippen LogP contribution >= 0.6 is 0 Å². The minimum Gasteiger partial charge on any atom is -0.482 e. The molecule has 1 aromatic heterocycles. The highest BCUT2D eigenvalue weighted by atomic mass is 16.5. The molecule has 2 heterocycles. The van der Waals surface area contributed by atoms with E-state index in [9.17, 15) is 9.59 Å². The van der Waals surface area contributed by atoms with Gasteiger partial charge in [-0.2, -0.15) is 0 Å². The average Bonchev–Trinajstić information content (AvgIpc) is 3.41. The second kappa shape index (κ2) is 11.0. The van der Waals surface area contributed by atoms with Crippen LogP contribution in [0.2, 0.25) is 0 Å². The normalized spacial score (nSPS) is 15.0. The van der Waals surface area contributed by atoms with Gasteiger partial charge in [0.05, 0.1) is 0 Å². The minimum atomic E-state index is -0.205. The molecule has 1 saturated heterocycles. The van der Waals surface area contributed by atoms with Crippen molar-refractivity contribution >= 4 is 33.9 Å². The van der Waals surface area contributed by atoms with Crippen molar-refractivity contribution in [3.8, 4) is 5.75 Å². The third-order valence-electron chi connectivity index (χ3n) is 7.04. The van der Waals surface area contributed by atoms with E-state index in [4.69, 9.17) is 9.15 Å². The molecule has 0 saturated carbocycles. The smallest absolute Gasteiger partial charge is 0.246 e. The summed E-state index contributed by atoms with van der Waals surface area (Å²) in [6.07, 6.45) is 1.48. The van der Waals surface area contributed by atoms with Crippen molar-refractivity contribution < 1.29 is 18.7 Å². The maximum Gasteiger partial charge on any atom is 0.246 e. The van der Waals surface area contributed by atoms with Crippen LogP contribution in [0.5, 0.6) is 5.75 Å². The number of hydrogen-bond acceptors (Lipinski definition) is 5. The Morgan fingerprint density at radius 1 is 0.895 bits per heavy atom. The minimum absolute atomic E-state index is 0.0170. The molecule has 0 spiro atoms. The van der Waals surface area contributed by atoms with Crippen LogP contribution in [0.4, 0.5) is 5.69 Å². The topological polar surface area (TPSA) is 63.0 Å². The zero-order valence-corrected chi connectivity index (χ0v) is 22.0. The number of ether oxygens (including phenoxy) is 1. The lowest BCUT2D eigenvalue weighted by atomic mass is 10.0. The van der Waals surface area contributed by atoms with Gasteiger partial charge in [-0.05, 0) is 54.8 Å². The molecule has 1 fully saturated rings. The van der Waals surface area contributed by atoms with E-state index in [0.717, 1.165) is 35.2 Å². The number of rotatable bonds is 7. The zero-order valence-electron chi connectivity index (χ0n) is 22.0. The highest BCUT2D eigenvalue weighted by Crippen LogP contribution is 2.37. The second-order valence-electron chi connectivity index (χ2n) is 9.67. The molecule has 1 unspecified atom stereocenters. The van der Waals surface area contributed by atoms with Crippen molar-refractivity contribution in [3.63, 3.8) is 0 Å². The standard InChI is InChI=1S/C32H32N2O4/c1-22(20-31(36)34-18-16-33(17-19-34)26-12-8-5-9-13-26)27-14-15-29(32-28(27)21-30(38-32)23(2)35)37-24(3)25-10-6-4-7-11-25/h4-15,20-21,24H,16-19H2,1-3H3. The van der Waals surface area contributed by atoms with Crippen LogP contribution in [-0.2, 0) is 4.79 Å². The summed E-state index contributed by atoms with van der Waals surface area (Å²) < 4.78 is 12.2. The van der Waals surface area contributed by atoms with Gasteiger partial charge in [0.15, 0.2) is 22.9 Å². The predicted molar refractivity (Wildman–Crippen MR) is 151 cm³/mol. The van der Waals surface area contributed by atoms with Crippen LogP contribution in [0.3, 0.4) is 0 Å². The van der Waals surface area contributed by atoms with Crippen molar-refractivity contribution in [1.82, 2.24) is 4.90 Å². The number of allylic oxidation sites excluding steroid dienone is 1. The number of ketones is 1. The van der Waals surface area contributed by atoms with E-state index >= 15 is 0 Å². The van der Waals surface area contributed by atoms with E-state index < -0.39 is 0 Å². The number of furan rings is 1. The monoisotopic (exact) mass is 508 g/mol. The molecule has 6 heteroatoms. The molecule has 0 radical (unpaired) electrons. The van der Waals surface area contributed by atoms with Crippen molar-refractivity contribution in [2.24, 2.45) is 0 Å². The van der Waals surface area contributed by atoms with Gasteiger partial charge in [0.25, 0.3) is 0 Å². The first-order chi connectivity index (χ1) is 18.4. The molecule has 1 atom stereocenters. The van der Waals surface area contributed by atoms with Crippen LogP contribution < -0.4 is 9.64 Å². The molecule has 0 bridgehead atoms. The Kier molecular flexibility index (Phi) is 7.31. The van der Waals surface area contributed by atoms with Crippen LogP contribution in [0.25, 0.3) is 16.5 Å². The predicted octanol–water partition coefficient (Wildman–Crippen LogP) is 6.53. The first kappa shape index (κ1) is 25.3. The Morgan fingerprint density at radius 3 is 2.21 bits per heavy atom. The van der Waals surface area contributed by atoms with Crippen LogP contribution in [0.15, 0.2) is 89.4 Å². The van der Waals surface area contributed by atoms with Gasteiger partial charge < -0.3 is 19.0 Å². The molecule has 1 amide bonds. The molecule has 194 valence electrons. The Balaban J connectivity index is 1.37. The van der Waals surface area contributed by atoms with Gasteiger partial charge in [-0.1, -0.05) is 54.6 Å². The molecule has 0 N–H and O–H groups in total. The number of nitrogens with zero attached hydrogens (tertiary/aromatic N) is 2. The zero-order chi connectivity index (χ0) is 26.6. The Morgan fingerprint density at radius 2 is 1.55 bits per heavy atom. The van der Waals surface area contributed by atoms with Gasteiger partial charge >= 0.3 is 0 Å². The van der Waals surface area contributed by atoms with Gasteiger partial charge in [-0.3, -0.25) is 9.59 Å². The molecule has 1 aliphatic heterocycles. The Bertz CT molecular complexity index is 1470. The van der Waals surface area contributed by atoms with E-state index in [0.29, 0.717) is 24.4 Å². The van der Waals surface area contributed by atoms with Crippen LogP contribution in [0.1, 0.15) is 48.6 Å². The van der Waals surface area contributed by atoms with Crippen LogP contribution in [-0.4, -0.2) is 42.8 Å². The molecule has 3 aromatic carbocycles. The van der Waals surface area contributed by atoms with Crippen LogP contribution in [0, 0.1) is 0 Å². The summed E-state index contributed by atoms with van der Waals surface area (Å²) in [4.78, 5) is 29.5. The van der Waals surface area contributed by atoms with E-state index in [-0.39, 0.29) is 23.6 Å². The number of benzene rings is 3. The molecular weight excluding hydrogens is 476 g/mol. The second-order valence-corrected chi connectivity index (χ2v) is 9.67. The maximum atomic E-state index is 13.2. The Hall–Kier alpha value is -4.32. The number of amides is 1. The Labute approximate surface area is 223 Å². The fourth-order valence-corrected chi connectivity index (χ4v) is 4.87. The SMILES string of the molecule is CC(=O)c1cc2c(C(C)=CC(=O)N3CCN(c4ccccc4)CC3)ccc(OC(C)c3ccccc3)c2o1. The summed E-state index contributed by atoms with van der Waals surface area (Å²) in [5, 5.41) is 0.753. The molecule has 0 aliphatic carbocycles. The summed E-state index contributed by atoms with van der Waals surface area (Å²) in [6, 6.07) is 25.7. The highest BCUT2D eigenvalue weighted by Gasteiger charge is 2.22. The lowest BCUT2D eigenvalue weighted by molar-refractivity contribution is -0.126. The van der Waals surface area contributed by atoms with E-state index in [1.165, 1.54) is 12.6 Å². The van der Waals surface area contributed by atoms with Gasteiger partial charge in [0, 0.05) is 50.3 Å². The number of para-hydroxylation sites is 1. The first-order valence-corrected chi connectivity index (χ1v) is 13.0. The molecular formula is C32H32N2O4. The van der Waals surface area contributed by atoms with Gasteiger partial charge in [0.2, 0.25) is 5.91 Å². The number of hydrogen-bond donors (Lipinski definition) is 0. The summed E-state index contributed by atoms with van der Waals surface area (Å²) in [5.74, 6) is 0.643. The lowest BCUT2D eigenvalue weighted by Crippen LogP contribution is -2.48. The molecule has 4 aromatic rings. The quantitative estimate of drug-likeness (QED) is 0.210. The largest absolute Gasteiger partial charge is 0.482 e. The lowest BCUT2D eigenvalue weighted by Gasteiger charge is -2.35. The summed E-state index contributed by atoms with van der Waals surface area (Å²) in [6.45, 7) is 8.29. The fraction of sp³-hybridized carbons (Fsp3) is 0.250. The van der Waals surface area contributed by atoms with Crippen molar-refractivity contribution in [2.75, 3.05) is 31.1 Å². The summed E-state index contributed by atoms with van der Waals surface area (Å²) in [5.41, 5.74) is 4.37. The van der Waals surface area contributed by atoms with E-state index in [1.807, 2.05) is 79.4 Å². The highest BCUT2D eigenvalue weighted by molar-refractivity contribution is 6.04. The first-order valence-electron chi connectivity index (χ1n) is 13.0. The number of carbonyl (C=O) groups is 2. The fourth-order valence-electron chi connectivity index (χ4n) is 4.87. The summed E-state index contributed by atoms with van der Waals surface area (Å²) >= 11 is 0. The van der Waals surface area contributed by atoms with Crippen molar-refractivity contribution in [1.29, 1.82) is 0 Å². The van der Waals surface area contributed by atoms with Crippen molar-refractivity contribution in [3.05, 3.63) is 102 Å². The number of Topliss-reactive ketones (excluding diaryl/α,β-unsaturated/α-hetero) is 1. The number of anilines is 1. The van der Waals surface area contributed by atoms with Crippen molar-refractivity contribution in [2.45, 2.75) is 26.9 Å². The number of piperazine rings is 1. The third-order valence-corrected chi connectivity index (χ3v) is 7.04. The molecule has 5 rings (SSSR count). The maximum absolute atomic E-state index is 13.2. The van der Waals surface area contributed by atoms with E-state index in [1.54, 1.807) is 12.1 Å².